The molecule has 0 radical (unpaired) electrons. The first-order valence-electron chi connectivity index (χ1n) is 4.42. The predicted octanol–water partition coefficient (Wildman–Crippen LogP) is 2.98. The Kier molecular flexibility index (Phi) is 2.48. The third kappa shape index (κ3) is 1.63. The minimum Gasteiger partial charge on any atom is -0.347 e. The Morgan fingerprint density at radius 2 is 2.20 bits per heavy atom. The number of aryl methyl sites for hydroxylation is 1. The number of alkyl halides is 1. The third-order valence-electron chi connectivity index (χ3n) is 2.47. The molecule has 0 bridgehead atoms. The summed E-state index contributed by atoms with van der Waals surface area (Å²) in [5.74, 6) is 0. The Morgan fingerprint density at radius 1 is 1.47 bits per heavy atom. The average Bonchev–Trinajstić information content (AvgIpc) is 2.55. The van der Waals surface area contributed by atoms with Gasteiger partial charge in [-0.3, -0.25) is 10.1 Å². The maximum atomic E-state index is 10.6. The molecule has 0 saturated carbocycles. The Morgan fingerprint density at radius 3 is 2.80 bits per heavy atom. The van der Waals surface area contributed by atoms with Crippen LogP contribution in [0.2, 0.25) is 0 Å². The fourth-order valence-corrected chi connectivity index (χ4v) is 2.17. The van der Waals surface area contributed by atoms with Crippen LogP contribution in [-0.4, -0.2) is 9.49 Å². The largest absolute Gasteiger partial charge is 0.347 e. The van der Waals surface area contributed by atoms with Gasteiger partial charge in [0, 0.05) is 41.1 Å². The monoisotopic (exact) mass is 268 g/mol. The highest BCUT2D eigenvalue weighted by Crippen LogP contribution is 2.24. The van der Waals surface area contributed by atoms with E-state index in [1.807, 2.05) is 17.7 Å². The van der Waals surface area contributed by atoms with Crippen molar-refractivity contribution >= 4 is 32.5 Å². The van der Waals surface area contributed by atoms with E-state index in [0.717, 1.165) is 21.9 Å². The molecular weight excluding hydrogens is 260 g/mol. The van der Waals surface area contributed by atoms with Gasteiger partial charge < -0.3 is 4.57 Å². The molecule has 2 rings (SSSR count). The Bertz CT molecular complexity index is 533. The molecule has 0 aliphatic rings. The first-order chi connectivity index (χ1) is 7.13. The molecular formula is C10H9BrN2O2. The topological polar surface area (TPSA) is 48.1 Å². The number of halogens is 1. The molecule has 1 aromatic heterocycles. The Hall–Kier alpha value is -1.36. The lowest BCUT2D eigenvalue weighted by Gasteiger charge is -1.99. The van der Waals surface area contributed by atoms with Crippen LogP contribution in [0, 0.1) is 10.1 Å². The number of rotatable bonds is 2. The van der Waals surface area contributed by atoms with Crippen LogP contribution in [0.1, 0.15) is 5.69 Å². The predicted molar refractivity (Wildman–Crippen MR) is 62.2 cm³/mol. The van der Waals surface area contributed by atoms with Crippen molar-refractivity contribution in [3.8, 4) is 0 Å². The second kappa shape index (κ2) is 3.66. The molecule has 0 amide bonds. The third-order valence-corrected chi connectivity index (χ3v) is 3.05. The van der Waals surface area contributed by atoms with Gasteiger partial charge >= 0.3 is 0 Å². The highest BCUT2D eigenvalue weighted by Gasteiger charge is 2.10. The summed E-state index contributed by atoms with van der Waals surface area (Å²) in [6.45, 7) is 0. The Labute approximate surface area is 94.8 Å². The number of nitrogens with zero attached hydrogens (tertiary/aromatic N) is 2. The molecule has 1 heterocycles. The van der Waals surface area contributed by atoms with E-state index >= 15 is 0 Å². The summed E-state index contributed by atoms with van der Waals surface area (Å²) in [6.07, 6.45) is 0. The molecule has 4 nitrogen and oxygen atoms in total. The summed E-state index contributed by atoms with van der Waals surface area (Å²) >= 11 is 3.38. The number of hydrogen-bond acceptors (Lipinski definition) is 2. The van der Waals surface area contributed by atoms with Crippen molar-refractivity contribution < 1.29 is 4.92 Å². The van der Waals surface area contributed by atoms with Crippen LogP contribution in [-0.2, 0) is 12.4 Å². The molecule has 15 heavy (non-hydrogen) atoms. The zero-order chi connectivity index (χ0) is 11.0. The lowest BCUT2D eigenvalue weighted by atomic mass is 10.2. The molecule has 0 atom stereocenters. The second-order valence-electron chi connectivity index (χ2n) is 3.33. The number of benzene rings is 1. The molecule has 0 saturated heterocycles. The molecule has 1 aromatic carbocycles. The smallest absolute Gasteiger partial charge is 0.270 e. The fourth-order valence-electron chi connectivity index (χ4n) is 1.64. The van der Waals surface area contributed by atoms with Crippen LogP contribution in [0.3, 0.4) is 0 Å². The molecule has 0 unspecified atom stereocenters. The number of fused-ring (bicyclic) bond motifs is 1. The number of aromatic nitrogens is 1. The van der Waals surface area contributed by atoms with Gasteiger partial charge in [0.25, 0.3) is 5.69 Å². The average molecular weight is 269 g/mol. The zero-order valence-electron chi connectivity index (χ0n) is 8.11. The minimum atomic E-state index is -0.375. The minimum absolute atomic E-state index is 0.134. The fraction of sp³-hybridized carbons (Fsp3) is 0.200. The van der Waals surface area contributed by atoms with Crippen LogP contribution in [0.5, 0.6) is 0 Å². The van der Waals surface area contributed by atoms with Crippen molar-refractivity contribution in [3.63, 3.8) is 0 Å². The number of nitro groups is 1. The quantitative estimate of drug-likeness (QED) is 0.478. The summed E-state index contributed by atoms with van der Waals surface area (Å²) in [5.41, 5.74) is 2.25. The lowest BCUT2D eigenvalue weighted by molar-refractivity contribution is -0.384. The Balaban J connectivity index is 2.68. The normalized spacial score (nSPS) is 10.8. The highest BCUT2D eigenvalue weighted by atomic mass is 79.9. The van der Waals surface area contributed by atoms with E-state index in [1.165, 1.54) is 6.07 Å². The molecule has 0 fully saturated rings. The van der Waals surface area contributed by atoms with Crippen LogP contribution in [0.15, 0.2) is 24.3 Å². The van der Waals surface area contributed by atoms with E-state index in [0.29, 0.717) is 0 Å². The second-order valence-corrected chi connectivity index (χ2v) is 3.89. The van der Waals surface area contributed by atoms with Gasteiger partial charge in [-0.05, 0) is 12.1 Å². The van der Waals surface area contributed by atoms with Crippen LogP contribution in [0.25, 0.3) is 10.9 Å². The lowest BCUT2D eigenvalue weighted by Crippen LogP contribution is -1.92. The molecule has 0 aliphatic heterocycles. The van der Waals surface area contributed by atoms with E-state index in [2.05, 4.69) is 15.9 Å². The van der Waals surface area contributed by atoms with Gasteiger partial charge in [0.2, 0.25) is 0 Å². The standard InChI is InChI=1S/C10H9BrN2O2/c1-12-9(6-11)5-7-4-8(13(14)15)2-3-10(7)12/h2-5H,6H2,1H3. The first-order valence-corrected chi connectivity index (χ1v) is 5.54. The van der Waals surface area contributed by atoms with Gasteiger partial charge in [0.1, 0.15) is 0 Å². The summed E-state index contributed by atoms with van der Waals surface area (Å²) < 4.78 is 2.02. The van der Waals surface area contributed by atoms with Gasteiger partial charge in [-0.2, -0.15) is 0 Å². The summed E-state index contributed by atoms with van der Waals surface area (Å²) in [5, 5.41) is 12.2. The van der Waals surface area contributed by atoms with Crippen molar-refractivity contribution in [1.82, 2.24) is 4.57 Å². The summed E-state index contributed by atoms with van der Waals surface area (Å²) in [6, 6.07) is 6.86. The maximum Gasteiger partial charge on any atom is 0.270 e. The van der Waals surface area contributed by atoms with E-state index in [1.54, 1.807) is 12.1 Å². The first kappa shape index (κ1) is 10.2. The molecule has 0 spiro atoms. The number of non-ortho nitro benzene ring substituents is 1. The summed E-state index contributed by atoms with van der Waals surface area (Å²) in [7, 11) is 1.95. The van der Waals surface area contributed by atoms with Crippen LogP contribution in [0.4, 0.5) is 5.69 Å². The molecule has 5 heteroatoms. The SMILES string of the molecule is Cn1c(CBr)cc2cc([N+](=O)[O-])ccc21. The number of nitro benzene ring substituents is 1. The molecule has 0 aliphatic carbocycles. The van der Waals surface area contributed by atoms with Crippen LogP contribution < -0.4 is 0 Å². The van der Waals surface area contributed by atoms with Crippen molar-refractivity contribution in [1.29, 1.82) is 0 Å². The number of hydrogen-bond donors (Lipinski definition) is 0. The summed E-state index contributed by atoms with van der Waals surface area (Å²) in [4.78, 5) is 10.2. The molecule has 2 aromatic rings. The van der Waals surface area contributed by atoms with Crippen molar-refractivity contribution in [2.45, 2.75) is 5.33 Å². The zero-order valence-corrected chi connectivity index (χ0v) is 9.69. The maximum absolute atomic E-state index is 10.6. The van der Waals surface area contributed by atoms with Crippen molar-refractivity contribution in [2.75, 3.05) is 0 Å². The van der Waals surface area contributed by atoms with Gasteiger partial charge in [0.15, 0.2) is 0 Å². The van der Waals surface area contributed by atoms with Gasteiger partial charge in [-0.1, -0.05) is 15.9 Å². The van der Waals surface area contributed by atoms with Gasteiger partial charge in [0.05, 0.1) is 4.92 Å². The molecule has 78 valence electrons. The van der Waals surface area contributed by atoms with Gasteiger partial charge in [-0.15, -0.1) is 0 Å². The van der Waals surface area contributed by atoms with Crippen molar-refractivity contribution in [3.05, 3.63) is 40.1 Å². The van der Waals surface area contributed by atoms with E-state index < -0.39 is 0 Å². The van der Waals surface area contributed by atoms with Gasteiger partial charge in [-0.25, -0.2) is 0 Å². The van der Waals surface area contributed by atoms with E-state index in [-0.39, 0.29) is 10.6 Å². The van der Waals surface area contributed by atoms with E-state index in [9.17, 15) is 10.1 Å². The molecule has 0 N–H and O–H groups in total. The van der Waals surface area contributed by atoms with E-state index in [4.69, 9.17) is 0 Å². The van der Waals surface area contributed by atoms with Crippen LogP contribution >= 0.6 is 15.9 Å². The van der Waals surface area contributed by atoms with Crippen molar-refractivity contribution in [2.24, 2.45) is 7.05 Å². The highest BCUT2D eigenvalue weighted by molar-refractivity contribution is 9.08.